The minimum absolute atomic E-state index is 0.0857. The second-order valence-electron chi connectivity index (χ2n) is 2.20. The van der Waals surface area contributed by atoms with Crippen molar-refractivity contribution in [2.75, 3.05) is 13.2 Å². The first-order valence-corrected chi connectivity index (χ1v) is 4.21. The number of nitrogens with one attached hydrogen (secondary N) is 1. The molecule has 1 unspecified atom stereocenters. The molecule has 0 heterocycles. The number of rotatable bonds is 4. The molecule has 0 aromatic rings. The van der Waals surface area contributed by atoms with E-state index < -0.39 is 11.2 Å². The SMILES string of the molecule is CCOC(=O)CNC(=O)C(C)S. The molecule has 0 radical (unpaired) electrons. The number of amides is 1. The molecule has 4 nitrogen and oxygen atoms in total. The van der Waals surface area contributed by atoms with Crippen molar-refractivity contribution < 1.29 is 14.3 Å². The van der Waals surface area contributed by atoms with Gasteiger partial charge >= 0.3 is 5.97 Å². The highest BCUT2D eigenvalue weighted by Gasteiger charge is 2.09. The van der Waals surface area contributed by atoms with Crippen LogP contribution in [0.25, 0.3) is 0 Å². The van der Waals surface area contributed by atoms with Gasteiger partial charge in [-0.25, -0.2) is 0 Å². The van der Waals surface area contributed by atoms with E-state index in [-0.39, 0.29) is 12.5 Å². The third kappa shape index (κ3) is 5.01. The lowest BCUT2D eigenvalue weighted by Gasteiger charge is -2.05. The van der Waals surface area contributed by atoms with Gasteiger partial charge in [0.25, 0.3) is 0 Å². The molecular weight excluding hydrogens is 178 g/mol. The van der Waals surface area contributed by atoms with Crippen molar-refractivity contribution in [3.05, 3.63) is 0 Å². The van der Waals surface area contributed by atoms with Gasteiger partial charge in [-0.3, -0.25) is 9.59 Å². The number of carbonyl (C=O) groups is 2. The smallest absolute Gasteiger partial charge is 0.325 e. The van der Waals surface area contributed by atoms with Gasteiger partial charge in [-0.2, -0.15) is 12.6 Å². The van der Waals surface area contributed by atoms with Crippen molar-refractivity contribution in [1.82, 2.24) is 5.32 Å². The maximum Gasteiger partial charge on any atom is 0.325 e. The number of ether oxygens (including phenoxy) is 1. The molecule has 0 bridgehead atoms. The summed E-state index contributed by atoms with van der Waals surface area (Å²) >= 11 is 3.88. The molecular formula is C7H13NO3S. The van der Waals surface area contributed by atoms with Gasteiger partial charge in [0.2, 0.25) is 5.91 Å². The Labute approximate surface area is 77.1 Å². The molecule has 1 N–H and O–H groups in total. The van der Waals surface area contributed by atoms with Gasteiger partial charge in [0.1, 0.15) is 6.54 Å². The van der Waals surface area contributed by atoms with Crippen LogP contribution in [0.4, 0.5) is 0 Å². The van der Waals surface area contributed by atoms with Crippen LogP contribution in [0.1, 0.15) is 13.8 Å². The largest absolute Gasteiger partial charge is 0.465 e. The van der Waals surface area contributed by atoms with Crippen LogP contribution in [-0.4, -0.2) is 30.3 Å². The third-order valence-electron chi connectivity index (χ3n) is 1.09. The summed E-state index contributed by atoms with van der Waals surface area (Å²) in [5, 5.41) is 1.97. The number of carbonyl (C=O) groups excluding carboxylic acids is 2. The van der Waals surface area contributed by atoms with Crippen LogP contribution in [0, 0.1) is 0 Å². The second kappa shape index (κ2) is 5.88. The quantitative estimate of drug-likeness (QED) is 0.485. The molecule has 70 valence electrons. The highest BCUT2D eigenvalue weighted by molar-refractivity contribution is 7.81. The van der Waals surface area contributed by atoms with Crippen LogP contribution in [0.3, 0.4) is 0 Å². The van der Waals surface area contributed by atoms with E-state index in [1.807, 2.05) is 0 Å². The molecule has 0 spiro atoms. The zero-order chi connectivity index (χ0) is 9.56. The summed E-state index contributed by atoms with van der Waals surface area (Å²) in [7, 11) is 0. The van der Waals surface area contributed by atoms with E-state index in [1.165, 1.54) is 0 Å². The molecule has 1 amide bonds. The van der Waals surface area contributed by atoms with E-state index in [2.05, 4.69) is 22.7 Å². The first-order chi connectivity index (χ1) is 5.57. The summed E-state index contributed by atoms with van der Waals surface area (Å²) in [5.74, 6) is -0.703. The topological polar surface area (TPSA) is 55.4 Å². The van der Waals surface area contributed by atoms with Crippen LogP contribution in [0.15, 0.2) is 0 Å². The van der Waals surface area contributed by atoms with Gasteiger partial charge in [0, 0.05) is 0 Å². The summed E-state index contributed by atoms with van der Waals surface area (Å²) < 4.78 is 4.59. The summed E-state index contributed by atoms with van der Waals surface area (Å²) in [6.45, 7) is 3.58. The van der Waals surface area contributed by atoms with Gasteiger partial charge in [0.15, 0.2) is 0 Å². The van der Waals surface area contributed by atoms with Crippen LogP contribution in [-0.2, 0) is 14.3 Å². The number of hydrogen-bond donors (Lipinski definition) is 2. The summed E-state index contributed by atoms with van der Waals surface area (Å²) in [4.78, 5) is 21.6. The maximum absolute atomic E-state index is 10.9. The first-order valence-electron chi connectivity index (χ1n) is 3.69. The number of hydrogen-bond acceptors (Lipinski definition) is 4. The average molecular weight is 191 g/mol. The van der Waals surface area contributed by atoms with E-state index in [0.717, 1.165) is 0 Å². The van der Waals surface area contributed by atoms with Crippen molar-refractivity contribution >= 4 is 24.5 Å². The number of esters is 1. The Kier molecular flexibility index (Phi) is 5.53. The van der Waals surface area contributed by atoms with Crippen molar-refractivity contribution in [3.8, 4) is 0 Å². The van der Waals surface area contributed by atoms with E-state index in [9.17, 15) is 9.59 Å². The third-order valence-corrected chi connectivity index (χ3v) is 1.33. The zero-order valence-electron chi connectivity index (χ0n) is 7.16. The van der Waals surface area contributed by atoms with Crippen molar-refractivity contribution in [2.45, 2.75) is 19.1 Å². The average Bonchev–Trinajstić information content (AvgIpc) is 2.00. The minimum atomic E-state index is -0.431. The standard InChI is InChI=1S/C7H13NO3S/c1-3-11-6(9)4-8-7(10)5(2)12/h5,12H,3-4H2,1-2H3,(H,8,10). The van der Waals surface area contributed by atoms with Crippen LogP contribution >= 0.6 is 12.6 Å². The normalized spacial score (nSPS) is 11.9. The molecule has 1 atom stereocenters. The summed E-state index contributed by atoms with van der Waals surface area (Å²) in [5.41, 5.74) is 0. The van der Waals surface area contributed by atoms with Gasteiger partial charge in [0.05, 0.1) is 11.9 Å². The Balaban J connectivity index is 3.54. The Morgan fingerprint density at radius 1 is 1.58 bits per heavy atom. The lowest BCUT2D eigenvalue weighted by Crippen LogP contribution is -2.34. The summed E-state index contributed by atoms with van der Waals surface area (Å²) in [6.07, 6.45) is 0. The first kappa shape index (κ1) is 11.3. The molecule has 0 aromatic carbocycles. The fourth-order valence-electron chi connectivity index (χ4n) is 0.519. The Hall–Kier alpha value is -0.710. The van der Waals surface area contributed by atoms with E-state index >= 15 is 0 Å². The molecule has 0 aliphatic heterocycles. The molecule has 12 heavy (non-hydrogen) atoms. The lowest BCUT2D eigenvalue weighted by molar-refractivity contribution is -0.143. The highest BCUT2D eigenvalue weighted by Crippen LogP contribution is 1.90. The van der Waals surface area contributed by atoms with E-state index in [4.69, 9.17) is 0 Å². The van der Waals surface area contributed by atoms with Crippen LogP contribution < -0.4 is 5.32 Å². The second-order valence-corrected chi connectivity index (χ2v) is 2.97. The zero-order valence-corrected chi connectivity index (χ0v) is 8.06. The molecule has 0 aliphatic rings. The monoisotopic (exact) mass is 191 g/mol. The van der Waals surface area contributed by atoms with Crippen molar-refractivity contribution in [2.24, 2.45) is 0 Å². The van der Waals surface area contributed by atoms with E-state index in [0.29, 0.717) is 6.61 Å². The fourth-order valence-corrected chi connectivity index (χ4v) is 0.610. The molecule has 0 saturated heterocycles. The van der Waals surface area contributed by atoms with Crippen LogP contribution in [0.5, 0.6) is 0 Å². The minimum Gasteiger partial charge on any atom is -0.465 e. The highest BCUT2D eigenvalue weighted by atomic mass is 32.1. The van der Waals surface area contributed by atoms with Crippen LogP contribution in [0.2, 0.25) is 0 Å². The Morgan fingerprint density at radius 3 is 2.58 bits per heavy atom. The van der Waals surface area contributed by atoms with Gasteiger partial charge in [-0.05, 0) is 13.8 Å². The van der Waals surface area contributed by atoms with E-state index in [1.54, 1.807) is 13.8 Å². The molecule has 0 saturated carbocycles. The van der Waals surface area contributed by atoms with Gasteiger partial charge in [-0.1, -0.05) is 0 Å². The Bertz CT molecular complexity index is 170. The lowest BCUT2D eigenvalue weighted by atomic mass is 10.4. The summed E-state index contributed by atoms with van der Waals surface area (Å²) in [6, 6.07) is 0. The Morgan fingerprint density at radius 2 is 2.17 bits per heavy atom. The fraction of sp³-hybridized carbons (Fsp3) is 0.714. The van der Waals surface area contributed by atoms with Gasteiger partial charge < -0.3 is 10.1 Å². The molecule has 0 aromatic heterocycles. The predicted molar refractivity (Wildman–Crippen MR) is 48.1 cm³/mol. The predicted octanol–water partition coefficient (Wildman–Crippen LogP) is -0.0160. The van der Waals surface area contributed by atoms with Crippen molar-refractivity contribution in [1.29, 1.82) is 0 Å². The number of thiol groups is 1. The van der Waals surface area contributed by atoms with Crippen molar-refractivity contribution in [3.63, 3.8) is 0 Å². The van der Waals surface area contributed by atoms with Gasteiger partial charge in [-0.15, -0.1) is 0 Å². The molecule has 0 rings (SSSR count). The molecule has 0 fully saturated rings. The maximum atomic E-state index is 10.9. The molecule has 5 heteroatoms. The molecule has 0 aliphatic carbocycles.